The Morgan fingerprint density at radius 3 is 2.94 bits per heavy atom. The third-order valence-electron chi connectivity index (χ3n) is 6.57. The first kappa shape index (κ1) is 18.6. The van der Waals surface area contributed by atoms with Gasteiger partial charge in [0.15, 0.2) is 11.6 Å². The number of aromatic amines is 1. The van der Waals surface area contributed by atoms with Crippen molar-refractivity contribution in [3.8, 4) is 0 Å². The molecule has 3 fully saturated rings. The average Bonchev–Trinajstić information content (AvgIpc) is 3.22. The first-order valence-electron chi connectivity index (χ1n) is 11.1. The van der Waals surface area contributed by atoms with Gasteiger partial charge in [0.05, 0.1) is 0 Å². The normalized spacial score (nSPS) is 23.8. The van der Waals surface area contributed by atoms with Crippen LogP contribution in [0, 0.1) is 0 Å². The highest BCUT2D eigenvalue weighted by molar-refractivity contribution is 5.86. The minimum atomic E-state index is -0.238. The number of anilines is 3. The molecule has 3 aromatic heterocycles. The van der Waals surface area contributed by atoms with Crippen molar-refractivity contribution < 1.29 is 4.79 Å². The molecule has 3 aliphatic rings. The van der Waals surface area contributed by atoms with E-state index in [1.807, 2.05) is 32.6 Å². The maximum Gasteiger partial charge on any atom is 0.246 e. The van der Waals surface area contributed by atoms with Crippen LogP contribution in [0.25, 0.3) is 5.52 Å². The monoisotopic (exact) mass is 421 g/mol. The van der Waals surface area contributed by atoms with Crippen molar-refractivity contribution >= 4 is 29.0 Å². The highest BCUT2D eigenvalue weighted by atomic mass is 16.2. The van der Waals surface area contributed by atoms with Crippen molar-refractivity contribution in [3.63, 3.8) is 0 Å². The van der Waals surface area contributed by atoms with Gasteiger partial charge in [-0.1, -0.05) is 0 Å². The zero-order valence-electron chi connectivity index (χ0n) is 17.4. The van der Waals surface area contributed by atoms with Gasteiger partial charge in [0.2, 0.25) is 11.9 Å². The minimum absolute atomic E-state index is 0.0801. The summed E-state index contributed by atoms with van der Waals surface area (Å²) in [5.74, 6) is 2.73. The number of carbonyl (C=O) groups is 1. The molecule has 10 heteroatoms. The quantitative estimate of drug-likeness (QED) is 0.572. The number of hydrogen-bond acceptors (Lipinski definition) is 7. The lowest BCUT2D eigenvalue weighted by atomic mass is 10.2. The lowest BCUT2D eigenvalue weighted by Gasteiger charge is -2.28. The van der Waals surface area contributed by atoms with Crippen LogP contribution in [-0.4, -0.2) is 67.3 Å². The highest BCUT2D eigenvalue weighted by Gasteiger charge is 2.37. The summed E-state index contributed by atoms with van der Waals surface area (Å²) < 4.78 is 1.81. The van der Waals surface area contributed by atoms with Crippen LogP contribution in [0.3, 0.4) is 0 Å². The molecule has 0 spiro atoms. The Labute approximate surface area is 179 Å². The van der Waals surface area contributed by atoms with E-state index in [1.54, 1.807) is 0 Å². The van der Waals surface area contributed by atoms with Crippen molar-refractivity contribution in [2.75, 3.05) is 29.9 Å². The lowest BCUT2D eigenvalue weighted by molar-refractivity contribution is -0.131. The smallest absolute Gasteiger partial charge is 0.246 e. The third-order valence-corrected chi connectivity index (χ3v) is 6.57. The van der Waals surface area contributed by atoms with Gasteiger partial charge in [0.25, 0.3) is 0 Å². The van der Waals surface area contributed by atoms with E-state index >= 15 is 0 Å². The van der Waals surface area contributed by atoms with Crippen LogP contribution < -0.4 is 16.0 Å². The Morgan fingerprint density at radius 1 is 1.23 bits per heavy atom. The van der Waals surface area contributed by atoms with Crippen molar-refractivity contribution in [1.82, 2.24) is 29.7 Å². The number of rotatable bonds is 5. The zero-order valence-corrected chi connectivity index (χ0v) is 17.4. The zero-order chi connectivity index (χ0) is 20.9. The average molecular weight is 422 g/mol. The molecule has 3 aromatic rings. The maximum absolute atomic E-state index is 13.2. The molecule has 4 N–H and O–H groups in total. The van der Waals surface area contributed by atoms with Crippen LogP contribution in [0.15, 0.2) is 24.4 Å². The second kappa shape index (κ2) is 7.23. The number of nitrogens with two attached hydrogens (primary N) is 1. The van der Waals surface area contributed by atoms with E-state index in [2.05, 4.69) is 21.6 Å². The number of hydrogen-bond donors (Lipinski definition) is 3. The molecule has 0 unspecified atom stereocenters. The number of aromatic nitrogens is 5. The van der Waals surface area contributed by atoms with Gasteiger partial charge < -0.3 is 20.9 Å². The summed E-state index contributed by atoms with van der Waals surface area (Å²) in [7, 11) is 0. The van der Waals surface area contributed by atoms with E-state index in [0.29, 0.717) is 24.2 Å². The van der Waals surface area contributed by atoms with E-state index in [9.17, 15) is 4.79 Å². The van der Waals surface area contributed by atoms with Gasteiger partial charge in [-0.15, -0.1) is 5.10 Å². The summed E-state index contributed by atoms with van der Waals surface area (Å²) in [6.07, 6.45) is 6.95. The highest BCUT2D eigenvalue weighted by Crippen LogP contribution is 2.39. The first-order chi connectivity index (χ1) is 15.2. The van der Waals surface area contributed by atoms with Crippen LogP contribution in [0.4, 0.5) is 17.6 Å². The summed E-state index contributed by atoms with van der Waals surface area (Å²) in [4.78, 5) is 21.9. The van der Waals surface area contributed by atoms with Crippen molar-refractivity contribution in [2.45, 2.75) is 50.1 Å². The number of nitrogens with zero attached hydrogens (tertiary/aromatic N) is 6. The maximum atomic E-state index is 13.2. The third kappa shape index (κ3) is 3.40. The summed E-state index contributed by atoms with van der Waals surface area (Å²) in [6, 6.07) is 5.81. The minimum Gasteiger partial charge on any atom is -0.339 e. The molecule has 2 atom stereocenters. The largest absolute Gasteiger partial charge is 0.339 e. The van der Waals surface area contributed by atoms with E-state index in [4.69, 9.17) is 15.8 Å². The molecule has 1 saturated carbocycles. The molecule has 1 aliphatic carbocycles. The molecule has 162 valence electrons. The number of amides is 1. The van der Waals surface area contributed by atoms with Gasteiger partial charge in [-0.2, -0.15) is 10.1 Å². The summed E-state index contributed by atoms with van der Waals surface area (Å²) in [5, 5.41) is 15.6. The molecule has 2 aliphatic heterocycles. The van der Waals surface area contributed by atoms with E-state index in [-0.39, 0.29) is 18.0 Å². The van der Waals surface area contributed by atoms with Gasteiger partial charge in [-0.3, -0.25) is 9.89 Å². The fraction of sp³-hybridized carbons (Fsp3) is 0.524. The van der Waals surface area contributed by atoms with E-state index in [0.717, 1.165) is 49.4 Å². The number of carbonyl (C=O) groups excluding carboxylic acids is 1. The molecular formula is C21H27N9O. The lowest BCUT2D eigenvalue weighted by Crippen LogP contribution is -2.46. The van der Waals surface area contributed by atoms with Crippen LogP contribution in [0.1, 0.15) is 43.7 Å². The van der Waals surface area contributed by atoms with Crippen LogP contribution in [0.5, 0.6) is 0 Å². The molecular weight excluding hydrogens is 394 g/mol. The molecule has 6 rings (SSSR count). The fourth-order valence-electron chi connectivity index (χ4n) is 4.72. The molecule has 1 amide bonds. The first-order valence-corrected chi connectivity index (χ1v) is 11.1. The van der Waals surface area contributed by atoms with Crippen molar-refractivity contribution in [3.05, 3.63) is 30.1 Å². The van der Waals surface area contributed by atoms with Gasteiger partial charge in [-0.05, 0) is 44.2 Å². The standard InChI is InChI=1S/C21H27N9O/c22-14-7-10-28(12-14)20(31)17-4-1-8-29(17)21-24-19(16-3-2-9-30(16)27-21)23-18-11-15(25-26-18)13-5-6-13/h2-3,9,11,13-14,17H,1,4-8,10,12,22H2,(H2,23,24,25,26,27)/t14-,17+/m1/s1. The Kier molecular flexibility index (Phi) is 4.34. The molecule has 2 saturated heterocycles. The van der Waals surface area contributed by atoms with Gasteiger partial charge in [0.1, 0.15) is 11.6 Å². The second-order valence-corrected chi connectivity index (χ2v) is 8.89. The van der Waals surface area contributed by atoms with Gasteiger partial charge >= 0.3 is 0 Å². The number of likely N-dealkylation sites (tertiary alicyclic amines) is 1. The Bertz CT molecular complexity index is 1120. The molecule has 10 nitrogen and oxygen atoms in total. The van der Waals surface area contributed by atoms with Gasteiger partial charge in [-0.25, -0.2) is 4.52 Å². The van der Waals surface area contributed by atoms with E-state index < -0.39 is 0 Å². The van der Waals surface area contributed by atoms with Gasteiger partial charge in [0, 0.05) is 49.6 Å². The molecule has 0 aromatic carbocycles. The Balaban J connectivity index is 1.30. The summed E-state index contributed by atoms with van der Waals surface area (Å²) in [6.45, 7) is 2.13. The predicted octanol–water partition coefficient (Wildman–Crippen LogP) is 1.60. The molecule has 5 heterocycles. The van der Waals surface area contributed by atoms with Crippen molar-refractivity contribution in [2.24, 2.45) is 5.73 Å². The molecule has 31 heavy (non-hydrogen) atoms. The predicted molar refractivity (Wildman–Crippen MR) is 116 cm³/mol. The number of nitrogens with one attached hydrogen (secondary N) is 2. The van der Waals surface area contributed by atoms with Crippen LogP contribution in [0.2, 0.25) is 0 Å². The second-order valence-electron chi connectivity index (χ2n) is 8.89. The fourth-order valence-corrected chi connectivity index (χ4v) is 4.72. The molecule has 0 bridgehead atoms. The van der Waals surface area contributed by atoms with Crippen LogP contribution >= 0.6 is 0 Å². The van der Waals surface area contributed by atoms with E-state index in [1.165, 1.54) is 12.8 Å². The Morgan fingerprint density at radius 2 is 2.13 bits per heavy atom. The Hall–Kier alpha value is -3.14. The molecule has 0 radical (unpaired) electrons. The SMILES string of the molecule is N[C@@H]1CCN(C(=O)[C@@H]2CCCN2c2nc(Nc3cc(C4CC4)[nH]n3)c3cccn3n2)C1. The number of fused-ring (bicyclic) bond motifs is 1. The number of H-pyrrole nitrogens is 1. The summed E-state index contributed by atoms with van der Waals surface area (Å²) >= 11 is 0. The summed E-state index contributed by atoms with van der Waals surface area (Å²) in [5.41, 5.74) is 8.05. The van der Waals surface area contributed by atoms with Crippen LogP contribution in [-0.2, 0) is 4.79 Å². The topological polar surface area (TPSA) is 120 Å². The van der Waals surface area contributed by atoms with Crippen molar-refractivity contribution in [1.29, 1.82) is 0 Å².